The molecule has 0 aromatic heterocycles. The van der Waals surface area contributed by atoms with Crippen LogP contribution in [0.1, 0.15) is 0 Å². The van der Waals surface area contributed by atoms with Crippen molar-refractivity contribution in [3.8, 4) is 0 Å². The van der Waals surface area contributed by atoms with Gasteiger partial charge in [0, 0.05) is 0 Å². The molecule has 0 saturated carbocycles. The first-order valence-corrected chi connectivity index (χ1v) is 4.05. The van der Waals surface area contributed by atoms with Gasteiger partial charge in [-0.15, -0.1) is 0 Å². The Morgan fingerprint density at radius 1 is 2.00 bits per heavy atom. The monoisotopic (exact) mass is 160 g/mol. The molecule has 0 aromatic rings. The van der Waals surface area contributed by atoms with Crippen molar-refractivity contribution in [2.24, 2.45) is 4.99 Å². The fraction of sp³-hybridized carbons (Fsp3) is 0.600. The first-order valence-electron chi connectivity index (χ1n) is 2.82. The number of carboxylic acid groups (broad SMARTS) is 1. The second-order valence-electron chi connectivity index (χ2n) is 1.87. The standard InChI is InChI=1S/C5H8N2O2S/c1-10-5-6-2-3(7-5)4(8)9/h3H,2H2,1H3,(H,6,7)(H,8,9)/t3-/m0/s1. The lowest BCUT2D eigenvalue weighted by molar-refractivity contribution is -0.138. The molecule has 5 heteroatoms. The molecule has 1 rings (SSSR count). The van der Waals surface area contributed by atoms with Gasteiger partial charge in [0.25, 0.3) is 0 Å². The van der Waals surface area contributed by atoms with Gasteiger partial charge in [-0.3, -0.25) is 0 Å². The maximum atomic E-state index is 10.3. The van der Waals surface area contributed by atoms with E-state index in [1.165, 1.54) is 11.8 Å². The van der Waals surface area contributed by atoms with Gasteiger partial charge < -0.3 is 10.4 Å². The van der Waals surface area contributed by atoms with Crippen molar-refractivity contribution < 1.29 is 9.90 Å². The van der Waals surface area contributed by atoms with Gasteiger partial charge in [0.05, 0.1) is 6.54 Å². The first kappa shape index (κ1) is 7.40. The Bertz CT molecular complexity index is 180. The van der Waals surface area contributed by atoms with Crippen molar-refractivity contribution in [2.45, 2.75) is 6.04 Å². The minimum atomic E-state index is -0.864. The van der Waals surface area contributed by atoms with E-state index in [9.17, 15) is 4.79 Å². The fourth-order valence-electron chi connectivity index (χ4n) is 0.684. The van der Waals surface area contributed by atoms with Gasteiger partial charge in [0.15, 0.2) is 11.2 Å². The molecule has 2 N–H and O–H groups in total. The van der Waals surface area contributed by atoms with Crippen LogP contribution in [-0.4, -0.2) is 35.1 Å². The zero-order chi connectivity index (χ0) is 7.56. The highest BCUT2D eigenvalue weighted by atomic mass is 32.2. The summed E-state index contributed by atoms with van der Waals surface area (Å²) in [6.07, 6.45) is 1.86. The van der Waals surface area contributed by atoms with E-state index in [0.29, 0.717) is 11.7 Å². The summed E-state index contributed by atoms with van der Waals surface area (Å²) in [6.45, 7) is 0.422. The summed E-state index contributed by atoms with van der Waals surface area (Å²) in [7, 11) is 0. The average Bonchev–Trinajstić information content (AvgIpc) is 2.34. The molecule has 10 heavy (non-hydrogen) atoms. The molecule has 1 aliphatic rings. The predicted octanol–water partition coefficient (Wildman–Crippen LogP) is -0.238. The molecule has 4 nitrogen and oxygen atoms in total. The summed E-state index contributed by atoms with van der Waals surface area (Å²) in [5.41, 5.74) is 0. The van der Waals surface area contributed by atoms with Crippen molar-refractivity contribution in [2.75, 3.05) is 12.8 Å². The van der Waals surface area contributed by atoms with Gasteiger partial charge in [-0.2, -0.15) is 0 Å². The Morgan fingerprint density at radius 3 is 3.00 bits per heavy atom. The molecule has 1 aliphatic heterocycles. The zero-order valence-corrected chi connectivity index (χ0v) is 6.31. The summed E-state index contributed by atoms with van der Waals surface area (Å²) >= 11 is 1.43. The predicted molar refractivity (Wildman–Crippen MR) is 40.4 cm³/mol. The highest BCUT2D eigenvalue weighted by Crippen LogP contribution is 2.05. The van der Waals surface area contributed by atoms with Crippen molar-refractivity contribution in [1.82, 2.24) is 5.32 Å². The second kappa shape index (κ2) is 2.92. The van der Waals surface area contributed by atoms with Crippen molar-refractivity contribution in [3.63, 3.8) is 0 Å². The molecule has 0 saturated heterocycles. The largest absolute Gasteiger partial charge is 0.480 e. The van der Waals surface area contributed by atoms with Crippen molar-refractivity contribution >= 4 is 22.9 Å². The van der Waals surface area contributed by atoms with Crippen LogP contribution in [0.3, 0.4) is 0 Å². The highest BCUT2D eigenvalue weighted by molar-refractivity contribution is 8.13. The summed E-state index contributed by atoms with van der Waals surface area (Å²) in [4.78, 5) is 14.2. The number of aliphatic carboxylic acids is 1. The Balaban J connectivity index is 2.55. The van der Waals surface area contributed by atoms with Gasteiger partial charge in [0.1, 0.15) is 0 Å². The summed E-state index contributed by atoms with van der Waals surface area (Å²) < 4.78 is 0. The van der Waals surface area contributed by atoms with E-state index in [4.69, 9.17) is 5.11 Å². The molecule has 0 amide bonds. The number of amidine groups is 1. The third-order valence-electron chi connectivity index (χ3n) is 1.20. The normalized spacial score (nSPS) is 23.7. The number of carboxylic acids is 1. The minimum absolute atomic E-state index is 0.422. The molecule has 1 atom stereocenters. The Hall–Kier alpha value is -0.710. The molecular weight excluding hydrogens is 152 g/mol. The maximum Gasteiger partial charge on any atom is 0.330 e. The first-order chi connectivity index (χ1) is 4.74. The number of hydrogen-bond acceptors (Lipinski definition) is 4. The van der Waals surface area contributed by atoms with E-state index in [1.54, 1.807) is 0 Å². The van der Waals surface area contributed by atoms with Crippen LogP contribution in [0.4, 0.5) is 0 Å². The quantitative estimate of drug-likeness (QED) is 0.556. The molecular formula is C5H8N2O2S. The molecule has 0 unspecified atom stereocenters. The van der Waals surface area contributed by atoms with Crippen LogP contribution in [-0.2, 0) is 4.79 Å². The van der Waals surface area contributed by atoms with E-state index < -0.39 is 12.0 Å². The summed E-state index contributed by atoms with van der Waals surface area (Å²) in [6, 6.07) is -0.581. The van der Waals surface area contributed by atoms with E-state index in [-0.39, 0.29) is 0 Å². The van der Waals surface area contributed by atoms with Crippen LogP contribution in [0.25, 0.3) is 0 Å². The molecule has 0 fully saturated rings. The number of rotatable bonds is 1. The molecule has 0 aromatic carbocycles. The van der Waals surface area contributed by atoms with E-state index in [1.807, 2.05) is 6.26 Å². The van der Waals surface area contributed by atoms with Crippen LogP contribution < -0.4 is 5.32 Å². The number of thioether (sulfide) groups is 1. The van der Waals surface area contributed by atoms with Crippen LogP contribution >= 0.6 is 11.8 Å². The average molecular weight is 160 g/mol. The fourth-order valence-corrected chi connectivity index (χ4v) is 1.14. The smallest absolute Gasteiger partial charge is 0.330 e. The Labute approximate surface area is 62.7 Å². The topological polar surface area (TPSA) is 61.7 Å². The molecule has 56 valence electrons. The van der Waals surface area contributed by atoms with E-state index in [0.717, 1.165) is 0 Å². The van der Waals surface area contributed by atoms with Crippen molar-refractivity contribution in [3.05, 3.63) is 0 Å². The van der Waals surface area contributed by atoms with Gasteiger partial charge in [-0.25, -0.2) is 9.79 Å². The lowest BCUT2D eigenvalue weighted by Gasteiger charge is -1.94. The van der Waals surface area contributed by atoms with Gasteiger partial charge in [-0.1, -0.05) is 11.8 Å². The Kier molecular flexibility index (Phi) is 2.16. The molecule has 0 spiro atoms. The summed E-state index contributed by atoms with van der Waals surface area (Å²) in [5, 5.41) is 12.1. The Morgan fingerprint density at radius 2 is 2.70 bits per heavy atom. The number of aliphatic imine (C=N–C) groups is 1. The van der Waals surface area contributed by atoms with E-state index in [2.05, 4.69) is 10.3 Å². The van der Waals surface area contributed by atoms with Crippen LogP contribution in [0.5, 0.6) is 0 Å². The summed E-state index contributed by atoms with van der Waals surface area (Å²) in [5.74, 6) is -0.864. The number of nitrogens with zero attached hydrogens (tertiary/aromatic N) is 1. The van der Waals surface area contributed by atoms with Crippen LogP contribution in [0.15, 0.2) is 4.99 Å². The highest BCUT2D eigenvalue weighted by Gasteiger charge is 2.22. The minimum Gasteiger partial charge on any atom is -0.480 e. The van der Waals surface area contributed by atoms with Gasteiger partial charge in [0.2, 0.25) is 0 Å². The lowest BCUT2D eigenvalue weighted by atomic mass is 10.3. The second-order valence-corrected chi connectivity index (χ2v) is 2.67. The maximum absolute atomic E-state index is 10.3. The number of hydrogen-bond donors (Lipinski definition) is 2. The lowest BCUT2D eigenvalue weighted by Crippen LogP contribution is -2.24. The van der Waals surface area contributed by atoms with Crippen LogP contribution in [0, 0.1) is 0 Å². The van der Waals surface area contributed by atoms with Gasteiger partial charge in [-0.05, 0) is 6.26 Å². The molecule has 1 heterocycles. The molecule has 0 bridgehead atoms. The van der Waals surface area contributed by atoms with Crippen LogP contribution in [0.2, 0.25) is 0 Å². The third-order valence-corrected chi connectivity index (χ3v) is 1.83. The number of carbonyl (C=O) groups is 1. The zero-order valence-electron chi connectivity index (χ0n) is 5.50. The molecule has 0 radical (unpaired) electrons. The number of nitrogens with one attached hydrogen (secondary N) is 1. The van der Waals surface area contributed by atoms with E-state index >= 15 is 0 Å². The van der Waals surface area contributed by atoms with Crippen molar-refractivity contribution in [1.29, 1.82) is 0 Å². The third kappa shape index (κ3) is 1.41. The van der Waals surface area contributed by atoms with Gasteiger partial charge >= 0.3 is 5.97 Å². The SMILES string of the molecule is CSC1=N[C@H](C(=O)O)CN1. The molecule has 0 aliphatic carbocycles.